The maximum Gasteiger partial charge on any atom is 0.0784 e. The fraction of sp³-hybridized carbons (Fsp3) is 0.846. The normalized spacial score (nSPS) is 41.4. The van der Waals surface area contributed by atoms with Gasteiger partial charge in [-0.2, -0.15) is 0 Å². The molecule has 0 radical (unpaired) electrons. The molecule has 0 spiro atoms. The van der Waals surface area contributed by atoms with E-state index in [2.05, 4.69) is 27.7 Å². The van der Waals surface area contributed by atoms with E-state index in [0.29, 0.717) is 17.3 Å². The molecule has 0 saturated heterocycles. The lowest BCUT2D eigenvalue weighted by Gasteiger charge is -2.42. The van der Waals surface area contributed by atoms with Crippen LogP contribution in [0.25, 0.3) is 0 Å². The van der Waals surface area contributed by atoms with Crippen molar-refractivity contribution < 1.29 is 5.11 Å². The van der Waals surface area contributed by atoms with Crippen molar-refractivity contribution in [3.05, 3.63) is 11.1 Å². The zero-order valence-electron chi connectivity index (χ0n) is 9.80. The molecule has 0 heterocycles. The summed E-state index contributed by atoms with van der Waals surface area (Å²) in [5.74, 6) is 1.14. The van der Waals surface area contributed by atoms with Crippen molar-refractivity contribution in [2.24, 2.45) is 17.3 Å². The van der Waals surface area contributed by atoms with Gasteiger partial charge in [-0.25, -0.2) is 0 Å². The van der Waals surface area contributed by atoms with Crippen molar-refractivity contribution in [3.8, 4) is 0 Å². The fourth-order valence-corrected chi connectivity index (χ4v) is 3.74. The molecule has 2 aliphatic rings. The third kappa shape index (κ3) is 1.25. The first-order valence-electron chi connectivity index (χ1n) is 5.80. The van der Waals surface area contributed by atoms with Gasteiger partial charge in [0.05, 0.1) is 6.10 Å². The van der Waals surface area contributed by atoms with Crippen molar-refractivity contribution in [2.45, 2.75) is 53.1 Å². The van der Waals surface area contributed by atoms with Crippen LogP contribution in [-0.2, 0) is 0 Å². The Morgan fingerprint density at radius 2 is 1.86 bits per heavy atom. The average Bonchev–Trinajstić information content (AvgIpc) is 2.31. The highest BCUT2D eigenvalue weighted by atomic mass is 16.3. The SMILES string of the molecule is CC1=C(C)C2C(CCCC2(C)C)C1O. The van der Waals surface area contributed by atoms with E-state index in [9.17, 15) is 5.11 Å². The van der Waals surface area contributed by atoms with Crippen molar-refractivity contribution in [1.29, 1.82) is 0 Å². The van der Waals surface area contributed by atoms with E-state index in [-0.39, 0.29) is 6.10 Å². The molecule has 0 aromatic carbocycles. The van der Waals surface area contributed by atoms with Gasteiger partial charge >= 0.3 is 0 Å². The molecule has 80 valence electrons. The topological polar surface area (TPSA) is 20.2 Å². The van der Waals surface area contributed by atoms with E-state index < -0.39 is 0 Å². The van der Waals surface area contributed by atoms with E-state index in [4.69, 9.17) is 0 Å². The van der Waals surface area contributed by atoms with Gasteiger partial charge in [-0.05, 0) is 49.5 Å². The van der Waals surface area contributed by atoms with Crippen molar-refractivity contribution >= 4 is 0 Å². The minimum Gasteiger partial charge on any atom is -0.388 e. The highest BCUT2D eigenvalue weighted by molar-refractivity contribution is 5.29. The Kier molecular flexibility index (Phi) is 2.26. The summed E-state index contributed by atoms with van der Waals surface area (Å²) in [6, 6.07) is 0. The second-order valence-corrected chi connectivity index (χ2v) is 5.83. The first kappa shape index (κ1) is 10.2. The third-order valence-electron chi connectivity index (χ3n) is 4.57. The minimum absolute atomic E-state index is 0.153. The fourth-order valence-electron chi connectivity index (χ4n) is 3.74. The summed E-state index contributed by atoms with van der Waals surface area (Å²) in [6.45, 7) is 9.04. The Balaban J connectivity index is 2.36. The van der Waals surface area contributed by atoms with E-state index >= 15 is 0 Å². The first-order chi connectivity index (χ1) is 6.45. The van der Waals surface area contributed by atoms with Gasteiger partial charge in [0, 0.05) is 0 Å². The largest absolute Gasteiger partial charge is 0.388 e. The number of hydrogen-bond acceptors (Lipinski definition) is 1. The van der Waals surface area contributed by atoms with Gasteiger partial charge in [0.25, 0.3) is 0 Å². The lowest BCUT2D eigenvalue weighted by Crippen LogP contribution is -2.36. The summed E-state index contributed by atoms with van der Waals surface area (Å²) in [7, 11) is 0. The number of fused-ring (bicyclic) bond motifs is 1. The van der Waals surface area contributed by atoms with Crippen LogP contribution in [-0.4, -0.2) is 11.2 Å². The Bertz CT molecular complexity index is 275. The van der Waals surface area contributed by atoms with Gasteiger partial charge in [-0.1, -0.05) is 25.8 Å². The van der Waals surface area contributed by atoms with Crippen LogP contribution in [0, 0.1) is 17.3 Å². The molecule has 0 aromatic heterocycles. The highest BCUT2D eigenvalue weighted by Crippen LogP contribution is 2.53. The molecule has 1 saturated carbocycles. The van der Waals surface area contributed by atoms with Crippen molar-refractivity contribution in [2.75, 3.05) is 0 Å². The zero-order valence-corrected chi connectivity index (χ0v) is 9.80. The minimum atomic E-state index is -0.153. The van der Waals surface area contributed by atoms with E-state index in [1.165, 1.54) is 30.4 Å². The Hall–Kier alpha value is -0.300. The molecular weight excluding hydrogens is 172 g/mol. The smallest absolute Gasteiger partial charge is 0.0784 e. The Morgan fingerprint density at radius 1 is 1.21 bits per heavy atom. The third-order valence-corrected chi connectivity index (χ3v) is 4.57. The molecule has 0 aliphatic heterocycles. The van der Waals surface area contributed by atoms with Crippen LogP contribution < -0.4 is 0 Å². The molecule has 14 heavy (non-hydrogen) atoms. The number of aliphatic hydroxyl groups is 1. The molecule has 1 nitrogen and oxygen atoms in total. The monoisotopic (exact) mass is 194 g/mol. The Morgan fingerprint density at radius 3 is 2.43 bits per heavy atom. The predicted molar refractivity (Wildman–Crippen MR) is 59.0 cm³/mol. The second-order valence-electron chi connectivity index (χ2n) is 5.83. The summed E-state index contributed by atoms with van der Waals surface area (Å²) < 4.78 is 0. The highest BCUT2D eigenvalue weighted by Gasteiger charge is 2.47. The second kappa shape index (κ2) is 3.10. The summed E-state index contributed by atoms with van der Waals surface area (Å²) in [4.78, 5) is 0. The maximum atomic E-state index is 10.1. The van der Waals surface area contributed by atoms with Crippen molar-refractivity contribution in [1.82, 2.24) is 0 Å². The maximum absolute atomic E-state index is 10.1. The summed E-state index contributed by atoms with van der Waals surface area (Å²) in [5, 5.41) is 10.1. The molecule has 1 heteroatoms. The van der Waals surface area contributed by atoms with Crippen LogP contribution in [0.1, 0.15) is 47.0 Å². The molecule has 0 bridgehead atoms. The molecule has 0 aromatic rings. The number of rotatable bonds is 0. The van der Waals surface area contributed by atoms with Crippen LogP contribution in [0.2, 0.25) is 0 Å². The average molecular weight is 194 g/mol. The number of allylic oxidation sites excluding steroid dienone is 1. The number of aliphatic hydroxyl groups excluding tert-OH is 1. The van der Waals surface area contributed by atoms with Gasteiger partial charge in [0.2, 0.25) is 0 Å². The van der Waals surface area contributed by atoms with E-state index in [1.807, 2.05) is 0 Å². The van der Waals surface area contributed by atoms with Crippen LogP contribution in [0.4, 0.5) is 0 Å². The standard InChI is InChI=1S/C13H22O/c1-8-9(2)12(14)10-6-5-7-13(3,4)11(8)10/h10-12,14H,5-7H2,1-4H3. The van der Waals surface area contributed by atoms with Gasteiger partial charge in [0.1, 0.15) is 0 Å². The quantitative estimate of drug-likeness (QED) is 0.587. The molecule has 2 rings (SSSR count). The van der Waals surface area contributed by atoms with E-state index in [1.54, 1.807) is 0 Å². The molecule has 0 amide bonds. The number of hydrogen-bond donors (Lipinski definition) is 1. The van der Waals surface area contributed by atoms with Crippen LogP contribution in [0.5, 0.6) is 0 Å². The summed E-state index contributed by atoms with van der Waals surface area (Å²) in [6.07, 6.45) is 3.65. The van der Waals surface area contributed by atoms with Crippen LogP contribution in [0.3, 0.4) is 0 Å². The van der Waals surface area contributed by atoms with Crippen LogP contribution in [0.15, 0.2) is 11.1 Å². The van der Waals surface area contributed by atoms with Gasteiger partial charge < -0.3 is 5.11 Å². The molecule has 3 atom stereocenters. The van der Waals surface area contributed by atoms with Crippen molar-refractivity contribution in [3.63, 3.8) is 0 Å². The Labute approximate surface area is 87.2 Å². The zero-order chi connectivity index (χ0) is 10.5. The van der Waals surface area contributed by atoms with Gasteiger partial charge in [0.15, 0.2) is 0 Å². The first-order valence-corrected chi connectivity index (χ1v) is 5.80. The predicted octanol–water partition coefficient (Wildman–Crippen LogP) is 3.14. The molecular formula is C13H22O. The summed E-state index contributed by atoms with van der Waals surface area (Å²) in [5.41, 5.74) is 3.10. The molecule has 3 unspecified atom stereocenters. The van der Waals surface area contributed by atoms with E-state index in [0.717, 1.165) is 0 Å². The van der Waals surface area contributed by atoms with Gasteiger partial charge in [-0.3, -0.25) is 0 Å². The lowest BCUT2D eigenvalue weighted by molar-refractivity contribution is 0.0430. The lowest BCUT2D eigenvalue weighted by atomic mass is 9.63. The summed E-state index contributed by atoms with van der Waals surface area (Å²) >= 11 is 0. The molecule has 1 fully saturated rings. The van der Waals surface area contributed by atoms with Gasteiger partial charge in [-0.15, -0.1) is 0 Å². The molecule has 2 aliphatic carbocycles. The molecule has 1 N–H and O–H groups in total. The van der Waals surface area contributed by atoms with Crippen LogP contribution >= 0.6 is 0 Å².